The Hall–Kier alpha value is -4.86. The Labute approximate surface area is 249 Å². The Bertz CT molecular complexity index is 1870. The highest BCUT2D eigenvalue weighted by molar-refractivity contribution is 6.32. The molecule has 8 atom stereocenters. The predicted molar refractivity (Wildman–Crippen MR) is 151 cm³/mol. The van der Waals surface area contributed by atoms with Crippen molar-refractivity contribution in [2.24, 2.45) is 46.3 Å². The van der Waals surface area contributed by atoms with Crippen molar-refractivity contribution in [1.82, 2.24) is 0 Å². The minimum atomic E-state index is -2.22. The van der Waals surface area contributed by atoms with Gasteiger partial charge in [-0.15, -0.1) is 0 Å². The lowest BCUT2D eigenvalue weighted by atomic mass is 9.43. The number of rotatable bonds is 2. The standard InChI is InChI=1S/C34H26O10/c1-9-5-13-19(15(37)7-9)27(39)25-30(42)24-17(11(3)35)21-22-18(12(4)36)23(33(21,25)31(13)43)29(41)26-28(40)20-14(32(44)34(22,24)26)6-10(2)8-16(20)38/h5-8,17-18,21-24,37-40H,1-4H3/t17-,18+,21+,22-,23-,24+,33?,34?. The summed E-state index contributed by atoms with van der Waals surface area (Å²) in [5, 5.41) is 45.3. The van der Waals surface area contributed by atoms with Crippen LogP contribution in [0.3, 0.4) is 0 Å². The lowest BCUT2D eigenvalue weighted by Crippen LogP contribution is -2.64. The van der Waals surface area contributed by atoms with Gasteiger partial charge in [-0.05, 0) is 74.9 Å². The summed E-state index contributed by atoms with van der Waals surface area (Å²) in [5.74, 6) is -15.3. The van der Waals surface area contributed by atoms with Gasteiger partial charge in [-0.2, -0.15) is 0 Å². The third-order valence-corrected chi connectivity index (χ3v) is 11.4. The second-order valence-electron chi connectivity index (χ2n) is 13.3. The first-order valence-corrected chi connectivity index (χ1v) is 14.4. The van der Waals surface area contributed by atoms with Gasteiger partial charge in [-0.25, -0.2) is 0 Å². The van der Waals surface area contributed by atoms with Gasteiger partial charge >= 0.3 is 0 Å². The molecule has 222 valence electrons. The average molecular weight is 595 g/mol. The molecule has 2 spiro atoms. The van der Waals surface area contributed by atoms with Gasteiger partial charge in [0.25, 0.3) is 0 Å². The van der Waals surface area contributed by atoms with Gasteiger partial charge in [-0.3, -0.25) is 28.8 Å². The van der Waals surface area contributed by atoms with Crippen LogP contribution in [0.2, 0.25) is 0 Å². The highest BCUT2D eigenvalue weighted by atomic mass is 16.3. The molecule has 8 rings (SSSR count). The topological polar surface area (TPSA) is 183 Å². The second-order valence-corrected chi connectivity index (χ2v) is 13.3. The number of aliphatic hydroxyl groups is 2. The van der Waals surface area contributed by atoms with E-state index in [9.17, 15) is 49.2 Å². The van der Waals surface area contributed by atoms with E-state index in [1.165, 1.54) is 38.1 Å². The van der Waals surface area contributed by atoms with Crippen LogP contribution in [0.25, 0.3) is 11.5 Å². The van der Waals surface area contributed by atoms with Crippen molar-refractivity contribution in [1.29, 1.82) is 0 Å². The van der Waals surface area contributed by atoms with Crippen LogP contribution in [0, 0.1) is 60.2 Å². The summed E-state index contributed by atoms with van der Waals surface area (Å²) in [5.41, 5.74) is -5.46. The Morgan fingerprint density at radius 1 is 0.614 bits per heavy atom. The molecule has 4 bridgehead atoms. The molecule has 44 heavy (non-hydrogen) atoms. The van der Waals surface area contributed by atoms with E-state index < -0.39 is 115 Å². The normalized spacial score (nSPS) is 35.5. The number of fused-ring (bicyclic) bond motifs is 4. The molecule has 2 aromatic rings. The number of hydrogen-bond acceptors (Lipinski definition) is 10. The van der Waals surface area contributed by atoms with E-state index in [4.69, 9.17) is 0 Å². The van der Waals surface area contributed by atoms with Crippen LogP contribution in [0.15, 0.2) is 35.4 Å². The first kappa shape index (κ1) is 26.7. The fraction of sp³-hybridized carbons (Fsp3) is 0.353. The summed E-state index contributed by atoms with van der Waals surface area (Å²) < 4.78 is 0. The third kappa shape index (κ3) is 2.37. The summed E-state index contributed by atoms with van der Waals surface area (Å²) in [7, 11) is 0. The first-order chi connectivity index (χ1) is 20.7. The summed E-state index contributed by atoms with van der Waals surface area (Å²) in [6.45, 7) is 5.65. The molecule has 0 heterocycles. The number of ketones is 6. The van der Waals surface area contributed by atoms with Crippen molar-refractivity contribution in [3.05, 3.63) is 68.8 Å². The maximum atomic E-state index is 15.0. The molecule has 4 fully saturated rings. The molecule has 0 saturated heterocycles. The molecule has 0 amide bonds. The molecule has 2 unspecified atom stereocenters. The minimum Gasteiger partial charge on any atom is -0.507 e. The maximum absolute atomic E-state index is 15.0. The van der Waals surface area contributed by atoms with Crippen LogP contribution in [0.4, 0.5) is 0 Å². The zero-order chi connectivity index (χ0) is 31.7. The summed E-state index contributed by atoms with van der Waals surface area (Å²) in [6.07, 6.45) is 0. The number of hydrogen-bond donors (Lipinski definition) is 4. The van der Waals surface area contributed by atoms with Crippen molar-refractivity contribution in [3.63, 3.8) is 0 Å². The Balaban J connectivity index is 1.60. The number of benzene rings is 2. The predicted octanol–water partition coefficient (Wildman–Crippen LogP) is 3.39. The van der Waals surface area contributed by atoms with Crippen LogP contribution in [-0.4, -0.2) is 55.1 Å². The molecule has 0 aromatic heterocycles. The maximum Gasteiger partial charge on any atom is 0.175 e. The number of phenolic OH excluding ortho intramolecular Hbond substituents is 2. The number of Topliss-reactive ketones (excluding diaryl/α,β-unsaturated/α-hetero) is 6. The molecule has 6 aliphatic carbocycles. The lowest BCUT2D eigenvalue weighted by molar-refractivity contribution is -0.144. The van der Waals surface area contributed by atoms with E-state index in [-0.39, 0.29) is 22.3 Å². The number of carbonyl (C=O) groups is 6. The highest BCUT2D eigenvalue weighted by Gasteiger charge is 2.90. The fourth-order valence-electron chi connectivity index (χ4n) is 10.6. The van der Waals surface area contributed by atoms with Crippen LogP contribution in [0.1, 0.15) is 56.8 Å². The van der Waals surface area contributed by atoms with E-state index in [1.54, 1.807) is 13.8 Å². The number of aryl methyl sites for hydroxylation is 2. The van der Waals surface area contributed by atoms with Gasteiger partial charge in [0.1, 0.15) is 34.6 Å². The summed E-state index contributed by atoms with van der Waals surface area (Å²) >= 11 is 0. The van der Waals surface area contributed by atoms with Crippen LogP contribution in [-0.2, 0) is 19.2 Å². The van der Waals surface area contributed by atoms with E-state index in [2.05, 4.69) is 0 Å². The lowest BCUT2D eigenvalue weighted by Gasteiger charge is -2.54. The molecule has 2 aromatic carbocycles. The van der Waals surface area contributed by atoms with Crippen LogP contribution in [0.5, 0.6) is 11.5 Å². The molecular weight excluding hydrogens is 568 g/mol. The third-order valence-electron chi connectivity index (χ3n) is 11.4. The minimum absolute atomic E-state index is 0.176. The largest absolute Gasteiger partial charge is 0.507 e. The van der Waals surface area contributed by atoms with Crippen molar-refractivity contribution in [2.45, 2.75) is 27.7 Å². The molecular formula is C34H26O10. The van der Waals surface area contributed by atoms with E-state index >= 15 is 0 Å². The molecule has 0 aliphatic heterocycles. The highest BCUT2D eigenvalue weighted by Crippen LogP contribution is 2.83. The monoisotopic (exact) mass is 594 g/mol. The van der Waals surface area contributed by atoms with Crippen molar-refractivity contribution >= 4 is 46.2 Å². The first-order valence-electron chi connectivity index (χ1n) is 14.4. The quantitative estimate of drug-likeness (QED) is 0.402. The van der Waals surface area contributed by atoms with E-state index in [0.29, 0.717) is 11.1 Å². The molecule has 10 nitrogen and oxygen atoms in total. The van der Waals surface area contributed by atoms with E-state index in [0.717, 1.165) is 0 Å². The zero-order valence-corrected chi connectivity index (χ0v) is 24.0. The van der Waals surface area contributed by atoms with Crippen LogP contribution >= 0.6 is 0 Å². The zero-order valence-electron chi connectivity index (χ0n) is 24.0. The number of allylic oxidation sites excluding steroid dienone is 2. The van der Waals surface area contributed by atoms with Gasteiger partial charge in [0.2, 0.25) is 0 Å². The summed E-state index contributed by atoms with van der Waals surface area (Å²) in [4.78, 5) is 86.9. The van der Waals surface area contributed by atoms with Gasteiger partial charge in [0.15, 0.2) is 23.1 Å². The molecule has 4 saturated carbocycles. The van der Waals surface area contributed by atoms with Crippen molar-refractivity contribution in [3.8, 4) is 11.5 Å². The number of carbonyl (C=O) groups excluding carboxylic acids is 6. The van der Waals surface area contributed by atoms with Gasteiger partial charge in [-0.1, -0.05) is 0 Å². The smallest absolute Gasteiger partial charge is 0.175 e. The summed E-state index contributed by atoms with van der Waals surface area (Å²) in [6, 6.07) is 5.43. The fourth-order valence-corrected chi connectivity index (χ4v) is 10.6. The molecule has 0 radical (unpaired) electrons. The average Bonchev–Trinajstić information content (AvgIpc) is 3.35. The molecule has 4 N–H and O–H groups in total. The van der Waals surface area contributed by atoms with Crippen molar-refractivity contribution < 1.29 is 49.2 Å². The number of phenols is 2. The number of aromatic hydroxyl groups is 2. The number of aliphatic hydroxyl groups excluding tert-OH is 2. The Morgan fingerprint density at radius 2 is 0.955 bits per heavy atom. The van der Waals surface area contributed by atoms with Crippen LogP contribution < -0.4 is 0 Å². The van der Waals surface area contributed by atoms with Gasteiger partial charge < -0.3 is 20.4 Å². The molecule has 6 aliphatic rings. The Morgan fingerprint density at radius 3 is 1.27 bits per heavy atom. The van der Waals surface area contributed by atoms with Crippen molar-refractivity contribution in [2.75, 3.05) is 0 Å². The van der Waals surface area contributed by atoms with Gasteiger partial charge in [0, 0.05) is 34.8 Å². The van der Waals surface area contributed by atoms with E-state index in [1.807, 2.05) is 0 Å². The molecule has 10 heteroatoms. The van der Waals surface area contributed by atoms with Gasteiger partial charge in [0.05, 0.1) is 33.1 Å². The SMILES string of the molecule is CC(=O)[C@@H]1[C@H]2[C@H]3[C@H](C(C)=O)[C@@H]4C(=O)C5=C(O)c6c(O)cc(C)cc6C(=O)C53[C@@H]1C(=O)C1=C(O)c3c(O)cc(C)cc3C(=O)C124. The Kier molecular flexibility index (Phi) is 4.63. The second kappa shape index (κ2) is 7.61.